The van der Waals surface area contributed by atoms with Crippen molar-refractivity contribution in [3.05, 3.63) is 35.9 Å². The Hall–Kier alpha value is -2.26. The highest BCUT2D eigenvalue weighted by Gasteiger charge is 2.63. The number of aliphatic hydroxyl groups is 1. The average molecular weight is 513 g/mol. The van der Waals surface area contributed by atoms with E-state index in [4.69, 9.17) is 15.2 Å². The summed E-state index contributed by atoms with van der Waals surface area (Å²) in [6.45, 7) is 6.24. The van der Waals surface area contributed by atoms with Gasteiger partial charge in [0.1, 0.15) is 18.3 Å². The number of carbonyl (C=O) groups is 2. The molecule has 1 aromatic rings. The summed E-state index contributed by atoms with van der Waals surface area (Å²) in [4.78, 5) is 25.5. The summed E-state index contributed by atoms with van der Waals surface area (Å²) in [5, 5.41) is 13.4. The maximum atomic E-state index is 15.9. The van der Waals surface area contributed by atoms with Gasteiger partial charge in [0, 0.05) is 0 Å². The summed E-state index contributed by atoms with van der Waals surface area (Å²) >= 11 is 0. The van der Waals surface area contributed by atoms with Crippen LogP contribution in [0.1, 0.15) is 84.6 Å². The first-order valence-electron chi connectivity index (χ1n) is 12.9. The summed E-state index contributed by atoms with van der Waals surface area (Å²) in [7, 11) is 0. The maximum absolute atomic E-state index is 15.9. The smallest absolute Gasteiger partial charge is 0.407 e. The molecule has 4 N–H and O–H groups in total. The normalized spacial score (nSPS) is 18.6. The van der Waals surface area contributed by atoms with Crippen molar-refractivity contribution in [2.45, 2.75) is 115 Å². The molecule has 1 aliphatic carbocycles. The van der Waals surface area contributed by atoms with Crippen molar-refractivity contribution in [3.63, 3.8) is 0 Å². The number of benzene rings is 1. The molecule has 0 bridgehead atoms. The molecule has 1 aromatic carbocycles. The molecule has 9 heteroatoms. The van der Waals surface area contributed by atoms with Crippen LogP contribution in [0.15, 0.2) is 30.3 Å². The zero-order valence-electron chi connectivity index (χ0n) is 21.9. The third kappa shape index (κ3) is 8.13. The lowest BCUT2D eigenvalue weighted by molar-refractivity contribution is -0.202. The minimum atomic E-state index is -4.09. The summed E-state index contributed by atoms with van der Waals surface area (Å²) in [6, 6.07) is 7.57. The Balaban J connectivity index is 2.26. The van der Waals surface area contributed by atoms with Crippen molar-refractivity contribution < 1.29 is 33.0 Å². The van der Waals surface area contributed by atoms with Crippen LogP contribution >= 0.6 is 0 Å². The molecule has 36 heavy (non-hydrogen) atoms. The Morgan fingerprint density at radius 2 is 1.75 bits per heavy atom. The van der Waals surface area contributed by atoms with Gasteiger partial charge in [-0.15, -0.1) is 0 Å². The van der Waals surface area contributed by atoms with Gasteiger partial charge in [0.2, 0.25) is 0 Å². The lowest BCUT2D eigenvalue weighted by atomic mass is 9.78. The van der Waals surface area contributed by atoms with E-state index in [9.17, 15) is 14.7 Å². The van der Waals surface area contributed by atoms with Gasteiger partial charge in [-0.05, 0) is 45.1 Å². The van der Waals surface area contributed by atoms with Gasteiger partial charge in [0.15, 0.2) is 5.54 Å². The van der Waals surface area contributed by atoms with Gasteiger partial charge in [0.25, 0.3) is 0 Å². The van der Waals surface area contributed by atoms with Crippen molar-refractivity contribution in [1.29, 1.82) is 0 Å². The number of esters is 1. The van der Waals surface area contributed by atoms with Gasteiger partial charge < -0.3 is 25.6 Å². The number of rotatable bonds is 11. The van der Waals surface area contributed by atoms with Crippen LogP contribution in [0.3, 0.4) is 0 Å². The van der Waals surface area contributed by atoms with E-state index in [1.165, 1.54) is 0 Å². The second-order valence-electron chi connectivity index (χ2n) is 10.8. The fourth-order valence-electron chi connectivity index (χ4n) is 4.65. The van der Waals surface area contributed by atoms with Crippen LogP contribution in [0, 0.1) is 5.92 Å². The largest absolute Gasteiger partial charge is 0.458 e. The zero-order chi connectivity index (χ0) is 27.0. The Morgan fingerprint density at radius 3 is 2.31 bits per heavy atom. The lowest BCUT2D eigenvalue weighted by Crippen LogP contribution is -2.70. The number of ether oxygens (including phenoxy) is 2. The van der Waals surface area contributed by atoms with E-state index in [0.29, 0.717) is 0 Å². The van der Waals surface area contributed by atoms with E-state index in [2.05, 4.69) is 5.32 Å². The molecule has 0 heterocycles. The van der Waals surface area contributed by atoms with Crippen LogP contribution in [0.25, 0.3) is 0 Å². The Morgan fingerprint density at radius 1 is 1.14 bits per heavy atom. The minimum Gasteiger partial charge on any atom is -0.458 e. The third-order valence-electron chi connectivity index (χ3n) is 6.58. The summed E-state index contributed by atoms with van der Waals surface area (Å²) < 4.78 is 42.3. The summed E-state index contributed by atoms with van der Waals surface area (Å²) in [6.07, 6.45) is 1.12. The van der Waals surface area contributed by atoms with Crippen molar-refractivity contribution in [3.8, 4) is 0 Å². The zero-order valence-corrected chi connectivity index (χ0v) is 21.9. The Bertz CT molecular complexity index is 840. The van der Waals surface area contributed by atoms with Gasteiger partial charge in [-0.25, -0.2) is 18.4 Å². The maximum Gasteiger partial charge on any atom is 0.407 e. The van der Waals surface area contributed by atoms with Crippen LogP contribution in [0.2, 0.25) is 0 Å². The van der Waals surface area contributed by atoms with Crippen molar-refractivity contribution in [2.75, 3.05) is 0 Å². The molecule has 1 fully saturated rings. The molecular formula is C27H42F2N2O5. The highest BCUT2D eigenvalue weighted by atomic mass is 19.3. The van der Waals surface area contributed by atoms with Crippen LogP contribution in [-0.2, 0) is 20.9 Å². The third-order valence-corrected chi connectivity index (χ3v) is 6.58. The molecule has 204 valence electrons. The van der Waals surface area contributed by atoms with E-state index in [1.54, 1.807) is 52.0 Å². The second kappa shape index (κ2) is 12.8. The quantitative estimate of drug-likeness (QED) is 0.356. The van der Waals surface area contributed by atoms with E-state index in [-0.39, 0.29) is 25.4 Å². The number of amides is 1. The lowest BCUT2D eigenvalue weighted by Gasteiger charge is -2.42. The number of nitrogens with one attached hydrogen (secondary N) is 1. The molecule has 3 unspecified atom stereocenters. The molecule has 0 aromatic heterocycles. The van der Waals surface area contributed by atoms with E-state index in [0.717, 1.165) is 37.7 Å². The first-order valence-corrected chi connectivity index (χ1v) is 12.9. The predicted molar refractivity (Wildman–Crippen MR) is 133 cm³/mol. The molecule has 0 spiro atoms. The SMILES string of the molecule is CCCC(N)(C(=O)OC(C)(C)C)C(F)(F)C(O)C(CC1CCCCC1)NC(=O)OCc1ccccc1. The van der Waals surface area contributed by atoms with E-state index >= 15 is 8.78 Å². The first-order chi connectivity index (χ1) is 16.8. The molecule has 1 saturated carbocycles. The van der Waals surface area contributed by atoms with Crippen LogP contribution in [-0.4, -0.2) is 46.4 Å². The number of hydrogen-bond acceptors (Lipinski definition) is 6. The minimum absolute atomic E-state index is 0.0449. The number of nitrogens with two attached hydrogens (primary N) is 1. The number of carbonyl (C=O) groups excluding carboxylic acids is 2. The monoisotopic (exact) mass is 512 g/mol. The number of halogens is 2. The molecule has 7 nitrogen and oxygen atoms in total. The van der Waals surface area contributed by atoms with Gasteiger partial charge in [-0.3, -0.25) is 0 Å². The topological polar surface area (TPSA) is 111 Å². The molecular weight excluding hydrogens is 470 g/mol. The van der Waals surface area contributed by atoms with Crippen LogP contribution in [0.5, 0.6) is 0 Å². The first kappa shape index (κ1) is 30.0. The number of aliphatic hydroxyl groups excluding tert-OH is 1. The second-order valence-corrected chi connectivity index (χ2v) is 10.8. The van der Waals surface area contributed by atoms with Crippen molar-refractivity contribution in [2.24, 2.45) is 11.7 Å². The van der Waals surface area contributed by atoms with Crippen LogP contribution < -0.4 is 11.1 Å². The van der Waals surface area contributed by atoms with Gasteiger partial charge in [0.05, 0.1) is 6.04 Å². The van der Waals surface area contributed by atoms with Gasteiger partial charge in [-0.1, -0.05) is 75.8 Å². The standard InChI is InChI=1S/C27H42F2N2O5/c1-5-16-26(30,23(33)36-25(2,3)4)27(28,29)22(32)21(17-19-12-8-6-9-13-19)31-24(34)35-18-20-14-10-7-11-15-20/h7,10-11,14-15,19,21-22,32H,5-6,8-9,12-13,16-18,30H2,1-4H3,(H,31,34). The number of hydrogen-bond donors (Lipinski definition) is 3. The van der Waals surface area contributed by atoms with Crippen molar-refractivity contribution >= 4 is 12.1 Å². The average Bonchev–Trinajstić information content (AvgIpc) is 2.82. The van der Waals surface area contributed by atoms with Crippen molar-refractivity contribution in [1.82, 2.24) is 5.32 Å². The molecule has 0 aliphatic heterocycles. The number of alkyl carbamates (subject to hydrolysis) is 1. The van der Waals surface area contributed by atoms with Gasteiger partial charge in [-0.2, -0.15) is 0 Å². The molecule has 1 aliphatic rings. The molecule has 0 saturated heterocycles. The number of alkyl halides is 2. The summed E-state index contributed by atoms with van der Waals surface area (Å²) in [5.74, 6) is -5.33. The highest BCUT2D eigenvalue weighted by molar-refractivity contribution is 5.82. The van der Waals surface area contributed by atoms with E-state index in [1.807, 2.05) is 6.07 Å². The fraction of sp³-hybridized carbons (Fsp3) is 0.704. The van der Waals surface area contributed by atoms with Gasteiger partial charge >= 0.3 is 18.0 Å². The highest BCUT2D eigenvalue weighted by Crippen LogP contribution is 2.39. The molecule has 0 radical (unpaired) electrons. The fourth-order valence-corrected chi connectivity index (χ4v) is 4.65. The van der Waals surface area contributed by atoms with Crippen LogP contribution in [0.4, 0.5) is 13.6 Å². The predicted octanol–water partition coefficient (Wildman–Crippen LogP) is 5.09. The molecule has 3 atom stereocenters. The molecule has 2 rings (SSSR count). The Labute approximate surface area is 213 Å². The molecule has 1 amide bonds. The Kier molecular flexibility index (Phi) is 10.7. The summed E-state index contributed by atoms with van der Waals surface area (Å²) in [5.41, 5.74) is 2.97. The van der Waals surface area contributed by atoms with E-state index < -0.39 is 47.7 Å².